The highest BCUT2D eigenvalue weighted by Gasteiger charge is 2.56. The van der Waals surface area contributed by atoms with Gasteiger partial charge in [-0.2, -0.15) is 8.42 Å². The Balaban J connectivity index is 1.24. The average Bonchev–Trinajstić information content (AvgIpc) is 4.02. The summed E-state index contributed by atoms with van der Waals surface area (Å²) in [4.78, 5) is 61.3. The fourth-order valence-corrected chi connectivity index (χ4v) is 8.81. The molecule has 1 saturated heterocycles. The maximum Gasteiger partial charge on any atom is 0.408 e. The number of hydrogen-bond donors (Lipinski definition) is 3. The molecule has 4 amide bonds. The van der Waals surface area contributed by atoms with Crippen molar-refractivity contribution in [3.63, 3.8) is 0 Å². The van der Waals surface area contributed by atoms with E-state index in [1.807, 2.05) is 29.8 Å². The van der Waals surface area contributed by atoms with Crippen LogP contribution in [0.3, 0.4) is 0 Å². The van der Waals surface area contributed by atoms with Crippen molar-refractivity contribution in [2.75, 3.05) is 13.7 Å². The van der Waals surface area contributed by atoms with Gasteiger partial charge >= 0.3 is 16.4 Å². The highest BCUT2D eigenvalue weighted by molar-refractivity contribution is 7.85. The lowest BCUT2D eigenvalue weighted by molar-refractivity contribution is -0.142. The molecule has 296 valence electrons. The van der Waals surface area contributed by atoms with Gasteiger partial charge in [0.05, 0.1) is 19.3 Å². The predicted octanol–water partition coefficient (Wildman–Crippen LogP) is 4.42. The average molecular weight is 772 g/mol. The molecule has 3 N–H and O–H groups in total. The van der Waals surface area contributed by atoms with Crippen LogP contribution in [0, 0.1) is 5.92 Å². The first-order valence-corrected chi connectivity index (χ1v) is 20.4. The van der Waals surface area contributed by atoms with E-state index in [0.717, 1.165) is 31.1 Å². The summed E-state index contributed by atoms with van der Waals surface area (Å²) in [6, 6.07) is 5.19. The van der Waals surface area contributed by atoms with Gasteiger partial charge in [-0.3, -0.25) is 14.4 Å². The smallest absolute Gasteiger partial charge is 0.408 e. The molecular formula is C38H53N5O10S. The second-order valence-electron chi connectivity index (χ2n) is 16.2. The van der Waals surface area contributed by atoms with E-state index in [0.29, 0.717) is 49.1 Å². The van der Waals surface area contributed by atoms with Gasteiger partial charge in [0, 0.05) is 18.0 Å². The van der Waals surface area contributed by atoms with Gasteiger partial charge in [0.25, 0.3) is 5.91 Å². The summed E-state index contributed by atoms with van der Waals surface area (Å²) in [5.74, 6) is -1.22. The Hall–Kier alpha value is -4.18. The first kappa shape index (κ1) is 39.5. The molecule has 3 saturated carbocycles. The molecule has 2 aromatic rings. The summed E-state index contributed by atoms with van der Waals surface area (Å²) >= 11 is 0. The molecule has 1 aromatic carbocycles. The third-order valence-corrected chi connectivity index (χ3v) is 11.7. The lowest BCUT2D eigenvalue weighted by Gasteiger charge is -2.35. The minimum Gasteiger partial charge on any atom is -0.497 e. The highest BCUT2D eigenvalue weighted by atomic mass is 32.2. The van der Waals surface area contributed by atoms with Crippen molar-refractivity contribution in [3.05, 3.63) is 30.5 Å². The van der Waals surface area contributed by atoms with Crippen molar-refractivity contribution in [3.8, 4) is 11.6 Å². The second kappa shape index (κ2) is 15.5. The monoisotopic (exact) mass is 771 g/mol. The number of nitrogens with one attached hydrogen (secondary N) is 3. The molecule has 2 heterocycles. The van der Waals surface area contributed by atoms with Crippen molar-refractivity contribution < 1.29 is 46.0 Å². The van der Waals surface area contributed by atoms with Gasteiger partial charge in [-0.1, -0.05) is 32.6 Å². The number of nitrogens with zero attached hydrogens (tertiary/aromatic N) is 2. The van der Waals surface area contributed by atoms with Gasteiger partial charge < -0.3 is 29.7 Å². The van der Waals surface area contributed by atoms with Crippen molar-refractivity contribution in [1.29, 1.82) is 0 Å². The summed E-state index contributed by atoms with van der Waals surface area (Å²) < 4.78 is 50.5. The number of benzene rings is 1. The highest BCUT2D eigenvalue weighted by Crippen LogP contribution is 2.45. The third-order valence-electron chi connectivity index (χ3n) is 10.7. The van der Waals surface area contributed by atoms with E-state index in [1.165, 1.54) is 4.90 Å². The van der Waals surface area contributed by atoms with Crippen molar-refractivity contribution >= 4 is 44.9 Å². The molecular weight excluding hydrogens is 719 g/mol. The number of fused-ring (bicyclic) bond motifs is 1. The minimum absolute atomic E-state index is 0.00864. The van der Waals surface area contributed by atoms with Crippen LogP contribution in [0.2, 0.25) is 0 Å². The van der Waals surface area contributed by atoms with Gasteiger partial charge in [0.15, 0.2) is 0 Å². The molecule has 0 radical (unpaired) electrons. The first-order chi connectivity index (χ1) is 25.5. The number of alkyl carbamates (subject to hydrolysis) is 1. The van der Waals surface area contributed by atoms with E-state index >= 15 is 0 Å². The summed E-state index contributed by atoms with van der Waals surface area (Å²) in [7, 11) is -2.86. The zero-order chi connectivity index (χ0) is 38.9. The quantitative estimate of drug-likeness (QED) is 0.246. The topological polar surface area (TPSA) is 192 Å². The zero-order valence-corrected chi connectivity index (χ0v) is 32.6. The van der Waals surface area contributed by atoms with Crippen LogP contribution in [0.5, 0.6) is 11.6 Å². The lowest BCUT2D eigenvalue weighted by atomic mass is 9.83. The Kier molecular flexibility index (Phi) is 11.4. The fourth-order valence-electron chi connectivity index (χ4n) is 7.63. The first-order valence-electron chi connectivity index (χ1n) is 19.0. The number of ether oxygens (including phenoxy) is 3. The molecule has 1 aromatic heterocycles. The number of hydrogen-bond acceptors (Lipinski definition) is 11. The SMILES string of the molecule is CCCC1(OS(=O)(=O)NC(=O)C2(NC(=O)[C@@H]3C[C@@H](Oc4nccc5cc(OC)ccc45)CN3C(=O)[C@@H](NC(=O)OC(C)(C)C)C3CCCCC3)CC2)CC1. The standard InChI is InChI=1S/C38H53N5O10S/c1-6-15-37(16-17-37)53-54(48,49)42-34(46)38(18-19-38)41-31(44)29-22-27(51-32-28-13-12-26(50-5)21-25(28)14-20-39-32)23-43(29)33(45)30(24-10-8-7-9-11-24)40-35(47)52-36(2,3)4/h12-14,20-21,24,27,29-30H,6-11,15-19,22-23H2,1-5H3,(H,40,47)(H,41,44)(H,42,46)/t27-,29+,30+/m1/s1. The number of carbonyl (C=O) groups is 4. The summed E-state index contributed by atoms with van der Waals surface area (Å²) in [5.41, 5.74) is -3.09. The molecule has 54 heavy (non-hydrogen) atoms. The third kappa shape index (κ3) is 9.36. The molecule has 15 nitrogen and oxygen atoms in total. The van der Waals surface area contributed by atoms with E-state index in [-0.39, 0.29) is 31.7 Å². The van der Waals surface area contributed by atoms with Crippen LogP contribution in [0.1, 0.15) is 105 Å². The van der Waals surface area contributed by atoms with E-state index in [9.17, 15) is 27.6 Å². The van der Waals surface area contributed by atoms with Crippen LogP contribution < -0.4 is 24.8 Å². The maximum absolute atomic E-state index is 14.7. The summed E-state index contributed by atoms with van der Waals surface area (Å²) in [6.45, 7) is 7.13. The number of aromatic nitrogens is 1. The Morgan fingerprint density at radius 3 is 2.39 bits per heavy atom. The van der Waals surface area contributed by atoms with E-state index in [4.69, 9.17) is 18.4 Å². The molecule has 3 atom stereocenters. The van der Waals surface area contributed by atoms with Crippen molar-refractivity contribution in [2.45, 2.75) is 140 Å². The molecule has 4 fully saturated rings. The van der Waals surface area contributed by atoms with Gasteiger partial charge in [-0.25, -0.2) is 18.7 Å². The maximum atomic E-state index is 14.7. The van der Waals surface area contributed by atoms with Crippen LogP contribution in [-0.4, -0.2) is 90.7 Å². The molecule has 16 heteroatoms. The molecule has 3 aliphatic carbocycles. The van der Waals surface area contributed by atoms with E-state index < -0.39 is 69.0 Å². The van der Waals surface area contributed by atoms with Gasteiger partial charge in [0.2, 0.25) is 17.7 Å². The van der Waals surface area contributed by atoms with E-state index in [1.54, 1.807) is 40.1 Å². The van der Waals surface area contributed by atoms with Gasteiger partial charge in [-0.05, 0) is 101 Å². The number of carbonyl (C=O) groups excluding carboxylic acids is 4. The molecule has 4 aliphatic rings. The Morgan fingerprint density at radius 2 is 1.76 bits per heavy atom. The van der Waals surface area contributed by atoms with Crippen LogP contribution >= 0.6 is 0 Å². The Morgan fingerprint density at radius 1 is 1.04 bits per heavy atom. The molecule has 1 aliphatic heterocycles. The van der Waals surface area contributed by atoms with Gasteiger partial charge in [0.1, 0.15) is 35.1 Å². The lowest BCUT2D eigenvalue weighted by Crippen LogP contribution is -2.59. The van der Waals surface area contributed by atoms with Crippen LogP contribution in [0.15, 0.2) is 30.5 Å². The fraction of sp³-hybridized carbons (Fsp3) is 0.658. The van der Waals surface area contributed by atoms with E-state index in [2.05, 4.69) is 15.6 Å². The second-order valence-corrected chi connectivity index (χ2v) is 17.5. The molecule has 0 bridgehead atoms. The normalized spacial score (nSPS) is 22.5. The van der Waals surface area contributed by atoms with Crippen molar-refractivity contribution in [1.82, 2.24) is 25.2 Å². The summed E-state index contributed by atoms with van der Waals surface area (Å²) in [5, 5.41) is 7.13. The zero-order valence-electron chi connectivity index (χ0n) is 31.8. The Bertz CT molecular complexity index is 1850. The van der Waals surface area contributed by atoms with Crippen LogP contribution in [0.25, 0.3) is 10.8 Å². The summed E-state index contributed by atoms with van der Waals surface area (Å²) in [6.07, 6.45) is 7.28. The number of pyridine rings is 1. The molecule has 6 rings (SSSR count). The number of amides is 4. The Labute approximate surface area is 316 Å². The molecule has 0 spiro atoms. The van der Waals surface area contributed by atoms with Crippen molar-refractivity contribution in [2.24, 2.45) is 5.92 Å². The number of likely N-dealkylation sites (tertiary alicyclic amines) is 1. The van der Waals surface area contributed by atoms with Crippen LogP contribution in [0.4, 0.5) is 4.79 Å². The largest absolute Gasteiger partial charge is 0.497 e. The number of rotatable bonds is 14. The molecule has 0 unspecified atom stereocenters. The van der Waals surface area contributed by atoms with Crippen LogP contribution in [-0.2, 0) is 33.6 Å². The minimum atomic E-state index is -4.44. The predicted molar refractivity (Wildman–Crippen MR) is 198 cm³/mol. The van der Waals surface area contributed by atoms with Gasteiger partial charge in [-0.15, -0.1) is 0 Å². The number of methoxy groups -OCH3 is 1.